The van der Waals surface area contributed by atoms with Gasteiger partial charge in [0.15, 0.2) is 0 Å². The van der Waals surface area contributed by atoms with E-state index in [1.54, 1.807) is 24.3 Å². The molecule has 0 heterocycles. The Morgan fingerprint density at radius 2 is 1.63 bits per heavy atom. The molecule has 2 N–H and O–H groups in total. The van der Waals surface area contributed by atoms with Gasteiger partial charge in [0.2, 0.25) is 5.91 Å². The van der Waals surface area contributed by atoms with E-state index in [-0.39, 0.29) is 18.4 Å². The molecule has 0 spiro atoms. The van der Waals surface area contributed by atoms with Crippen molar-refractivity contribution >= 4 is 23.2 Å². The summed E-state index contributed by atoms with van der Waals surface area (Å²) in [5.41, 5.74) is 3.20. The Kier molecular flexibility index (Phi) is 6.60. The van der Waals surface area contributed by atoms with Crippen LogP contribution < -0.4 is 10.6 Å². The molecule has 5 heteroatoms. The molecule has 0 bridgehead atoms. The molecule has 0 atom stereocenters. The number of carbonyl (C=O) groups is 2. The first-order chi connectivity index (χ1) is 13.2. The zero-order chi connectivity index (χ0) is 19.1. The van der Waals surface area contributed by atoms with Crippen LogP contribution >= 0.6 is 0 Å². The summed E-state index contributed by atoms with van der Waals surface area (Å²) < 4.78 is 4.80. The number of methoxy groups -OCH3 is 1. The lowest BCUT2D eigenvalue weighted by Crippen LogP contribution is -2.17. The van der Waals surface area contributed by atoms with Crippen molar-refractivity contribution in [1.29, 1.82) is 0 Å². The second-order valence-corrected chi connectivity index (χ2v) is 6.97. The van der Waals surface area contributed by atoms with E-state index in [0.29, 0.717) is 22.9 Å². The van der Waals surface area contributed by atoms with Crippen molar-refractivity contribution in [3.8, 4) is 0 Å². The summed E-state index contributed by atoms with van der Waals surface area (Å²) in [5.74, 6) is 0.230. The van der Waals surface area contributed by atoms with Crippen LogP contribution in [0.2, 0.25) is 0 Å². The maximum atomic E-state index is 12.5. The van der Waals surface area contributed by atoms with Crippen LogP contribution in [-0.4, -0.2) is 25.5 Å². The van der Waals surface area contributed by atoms with Crippen LogP contribution in [0.5, 0.6) is 0 Å². The normalized spacial score (nSPS) is 14.6. The van der Waals surface area contributed by atoms with Gasteiger partial charge < -0.3 is 15.4 Å². The van der Waals surface area contributed by atoms with Gasteiger partial charge in [-0.3, -0.25) is 9.59 Å². The van der Waals surface area contributed by atoms with Crippen LogP contribution in [-0.2, 0) is 9.53 Å². The molecule has 5 nitrogen and oxygen atoms in total. The number of hydrogen-bond donors (Lipinski definition) is 2. The summed E-state index contributed by atoms with van der Waals surface area (Å²) in [6, 6.07) is 15.0. The SMILES string of the molecule is COCC(=O)Nc1cccc(NC(=O)c2ccc(C3CCCCC3)cc2)c1. The number of ether oxygens (including phenoxy) is 1. The van der Waals surface area contributed by atoms with E-state index < -0.39 is 0 Å². The third-order valence-electron chi connectivity index (χ3n) is 4.93. The zero-order valence-electron chi connectivity index (χ0n) is 15.7. The maximum Gasteiger partial charge on any atom is 0.255 e. The second kappa shape index (κ2) is 9.33. The standard InChI is InChI=1S/C22H26N2O3/c1-27-15-21(25)23-19-8-5-9-20(14-19)24-22(26)18-12-10-17(11-13-18)16-6-3-2-4-7-16/h5,8-14,16H,2-4,6-7,15H2,1H3,(H,23,25)(H,24,26). The summed E-state index contributed by atoms with van der Waals surface area (Å²) in [7, 11) is 1.47. The number of rotatable bonds is 6. The van der Waals surface area contributed by atoms with E-state index in [0.717, 1.165) is 0 Å². The highest BCUT2D eigenvalue weighted by Crippen LogP contribution is 2.32. The molecular weight excluding hydrogens is 340 g/mol. The molecular formula is C22H26N2O3. The molecule has 0 saturated heterocycles. The molecule has 0 unspecified atom stereocenters. The minimum atomic E-state index is -0.237. The van der Waals surface area contributed by atoms with Gasteiger partial charge in [0.25, 0.3) is 5.91 Å². The van der Waals surface area contributed by atoms with Crippen LogP contribution in [0.1, 0.15) is 53.9 Å². The van der Waals surface area contributed by atoms with Gasteiger partial charge >= 0.3 is 0 Å². The average Bonchev–Trinajstić information content (AvgIpc) is 2.69. The molecule has 0 radical (unpaired) electrons. The van der Waals surface area contributed by atoms with E-state index in [9.17, 15) is 9.59 Å². The van der Waals surface area contributed by atoms with Gasteiger partial charge in [-0.1, -0.05) is 37.5 Å². The van der Waals surface area contributed by atoms with Gasteiger partial charge in [-0.05, 0) is 54.7 Å². The minimum Gasteiger partial charge on any atom is -0.375 e. The van der Waals surface area contributed by atoms with Crippen LogP contribution in [0, 0.1) is 0 Å². The molecule has 3 rings (SSSR count). The third kappa shape index (κ3) is 5.41. The van der Waals surface area contributed by atoms with Crippen molar-refractivity contribution < 1.29 is 14.3 Å². The highest BCUT2D eigenvalue weighted by atomic mass is 16.5. The highest BCUT2D eigenvalue weighted by molar-refractivity contribution is 6.04. The van der Waals surface area contributed by atoms with Crippen molar-refractivity contribution in [2.45, 2.75) is 38.0 Å². The molecule has 1 fully saturated rings. The fourth-order valence-corrected chi connectivity index (χ4v) is 3.55. The summed E-state index contributed by atoms with van der Waals surface area (Å²) in [4.78, 5) is 24.1. The van der Waals surface area contributed by atoms with Crippen molar-refractivity contribution in [1.82, 2.24) is 0 Å². The molecule has 2 amide bonds. The molecule has 0 aliphatic heterocycles. The van der Waals surface area contributed by atoms with E-state index >= 15 is 0 Å². The number of carbonyl (C=O) groups excluding carboxylic acids is 2. The molecule has 1 aliphatic rings. The first-order valence-corrected chi connectivity index (χ1v) is 9.46. The van der Waals surface area contributed by atoms with Crippen LogP contribution in [0.4, 0.5) is 11.4 Å². The Labute approximate surface area is 160 Å². The molecule has 2 aromatic rings. The predicted octanol–water partition coefficient (Wildman–Crippen LogP) is 4.57. The number of anilines is 2. The molecule has 0 aromatic heterocycles. The smallest absolute Gasteiger partial charge is 0.255 e. The van der Waals surface area contributed by atoms with Gasteiger partial charge in [0, 0.05) is 24.0 Å². The van der Waals surface area contributed by atoms with Crippen molar-refractivity contribution in [3.63, 3.8) is 0 Å². The van der Waals surface area contributed by atoms with E-state index in [2.05, 4.69) is 22.8 Å². The number of hydrogen-bond acceptors (Lipinski definition) is 3. The van der Waals surface area contributed by atoms with Crippen LogP contribution in [0.15, 0.2) is 48.5 Å². The summed E-state index contributed by atoms with van der Waals surface area (Å²) in [6.07, 6.45) is 6.41. The summed E-state index contributed by atoms with van der Waals surface area (Å²) >= 11 is 0. The number of benzene rings is 2. The van der Waals surface area contributed by atoms with E-state index in [1.165, 1.54) is 44.8 Å². The molecule has 1 aliphatic carbocycles. The quantitative estimate of drug-likeness (QED) is 0.787. The average molecular weight is 366 g/mol. The Morgan fingerprint density at radius 1 is 0.963 bits per heavy atom. The second-order valence-electron chi connectivity index (χ2n) is 6.97. The van der Waals surface area contributed by atoms with Gasteiger partial charge in [-0.15, -0.1) is 0 Å². The molecule has 2 aromatic carbocycles. The first-order valence-electron chi connectivity index (χ1n) is 9.46. The monoisotopic (exact) mass is 366 g/mol. The van der Waals surface area contributed by atoms with E-state index in [4.69, 9.17) is 4.74 Å². The van der Waals surface area contributed by atoms with Crippen molar-refractivity contribution in [3.05, 3.63) is 59.7 Å². The predicted molar refractivity (Wildman–Crippen MR) is 107 cm³/mol. The van der Waals surface area contributed by atoms with E-state index in [1.807, 2.05) is 12.1 Å². The first kappa shape index (κ1) is 19.1. The number of nitrogens with one attached hydrogen (secondary N) is 2. The Bertz CT molecular complexity index is 780. The summed E-state index contributed by atoms with van der Waals surface area (Å²) in [5, 5.41) is 5.61. The Balaban J connectivity index is 1.62. The van der Waals surface area contributed by atoms with Crippen molar-refractivity contribution in [2.24, 2.45) is 0 Å². The lowest BCUT2D eigenvalue weighted by Gasteiger charge is -2.22. The van der Waals surface area contributed by atoms with Crippen LogP contribution in [0.3, 0.4) is 0 Å². The Morgan fingerprint density at radius 3 is 2.30 bits per heavy atom. The summed E-state index contributed by atoms with van der Waals surface area (Å²) in [6.45, 7) is -0.00999. The molecule has 142 valence electrons. The lowest BCUT2D eigenvalue weighted by atomic mass is 9.84. The minimum absolute atomic E-state index is 0.00999. The molecule has 1 saturated carbocycles. The van der Waals surface area contributed by atoms with Gasteiger partial charge in [0.05, 0.1) is 0 Å². The maximum absolute atomic E-state index is 12.5. The Hall–Kier alpha value is -2.66. The van der Waals surface area contributed by atoms with Crippen molar-refractivity contribution in [2.75, 3.05) is 24.4 Å². The lowest BCUT2D eigenvalue weighted by molar-refractivity contribution is -0.119. The fourth-order valence-electron chi connectivity index (χ4n) is 3.55. The topological polar surface area (TPSA) is 67.4 Å². The highest BCUT2D eigenvalue weighted by Gasteiger charge is 2.16. The van der Waals surface area contributed by atoms with Gasteiger partial charge in [-0.2, -0.15) is 0 Å². The van der Waals surface area contributed by atoms with Crippen LogP contribution in [0.25, 0.3) is 0 Å². The fraction of sp³-hybridized carbons (Fsp3) is 0.364. The molecule has 27 heavy (non-hydrogen) atoms. The largest absolute Gasteiger partial charge is 0.375 e. The van der Waals surface area contributed by atoms with Gasteiger partial charge in [-0.25, -0.2) is 0 Å². The third-order valence-corrected chi connectivity index (χ3v) is 4.93. The zero-order valence-corrected chi connectivity index (χ0v) is 15.7. The number of amides is 2. The van der Waals surface area contributed by atoms with Gasteiger partial charge in [0.1, 0.15) is 6.61 Å².